The number of hydrogen-bond acceptors (Lipinski definition) is 5. The molecule has 0 fully saturated rings. The first-order valence-electron chi connectivity index (χ1n) is 21.7. The van der Waals surface area contributed by atoms with Crippen LogP contribution in [0.5, 0.6) is 0 Å². The van der Waals surface area contributed by atoms with Gasteiger partial charge in [0.2, 0.25) is 0 Å². The lowest BCUT2D eigenvalue weighted by molar-refractivity contribution is 0.0799. The van der Waals surface area contributed by atoms with E-state index in [1.54, 1.807) is 21.9 Å². The van der Waals surface area contributed by atoms with Gasteiger partial charge in [-0.1, -0.05) is 206 Å². The van der Waals surface area contributed by atoms with Crippen LogP contribution in [0.2, 0.25) is 5.02 Å². The third kappa shape index (κ3) is 7.26. The molecule has 65 heavy (non-hydrogen) atoms. The van der Waals surface area contributed by atoms with E-state index in [-0.39, 0.29) is 11.8 Å². The zero-order valence-electron chi connectivity index (χ0n) is 35.0. The van der Waals surface area contributed by atoms with Gasteiger partial charge in [-0.2, -0.15) is 0 Å². The number of nitrogens with zero attached hydrogens (tertiary/aromatic N) is 5. The Kier molecular flexibility index (Phi) is 10.4. The molecule has 0 spiro atoms. The minimum atomic E-state index is -0.539. The molecule has 8 aromatic carbocycles. The van der Waals surface area contributed by atoms with Gasteiger partial charge in [0.25, 0.3) is 11.8 Å². The molecule has 9 aromatic rings. The van der Waals surface area contributed by atoms with Gasteiger partial charge in [-0.3, -0.25) is 29.4 Å². The van der Waals surface area contributed by atoms with Crippen LogP contribution in [-0.2, 0) is 0 Å². The molecular formula is C57H40ClN5O2. The van der Waals surface area contributed by atoms with Crippen molar-refractivity contribution in [3.05, 3.63) is 268 Å². The second kappa shape index (κ2) is 16.9. The molecule has 0 bridgehead atoms. The molecule has 11 rings (SSSR count). The van der Waals surface area contributed by atoms with Crippen LogP contribution >= 0.6 is 11.6 Å². The van der Waals surface area contributed by atoms with Crippen LogP contribution in [0.3, 0.4) is 0 Å². The highest BCUT2D eigenvalue weighted by Gasteiger charge is 2.46. The second-order valence-electron chi connectivity index (χ2n) is 16.3. The van der Waals surface area contributed by atoms with E-state index < -0.39 is 24.2 Å². The number of fused-ring (bicyclic) bond motifs is 2. The van der Waals surface area contributed by atoms with Crippen molar-refractivity contribution in [1.82, 2.24) is 14.8 Å². The number of carbonyl (C=O) groups excluding carboxylic acids is 2. The molecule has 312 valence electrons. The molecule has 4 atom stereocenters. The normalized spacial score (nSPS) is 18.2. The number of hydrogen-bond donors (Lipinski definition) is 0. The Morgan fingerprint density at radius 3 is 1.14 bits per heavy atom. The van der Waals surface area contributed by atoms with Crippen LogP contribution < -0.4 is 0 Å². The van der Waals surface area contributed by atoms with E-state index in [2.05, 4.69) is 0 Å². The third-order valence-electron chi connectivity index (χ3n) is 12.4. The molecule has 2 aliphatic heterocycles. The van der Waals surface area contributed by atoms with Crippen molar-refractivity contribution in [3.8, 4) is 0 Å². The van der Waals surface area contributed by atoms with Gasteiger partial charge in [-0.25, -0.2) is 4.98 Å². The molecule has 8 heteroatoms. The van der Waals surface area contributed by atoms with E-state index in [4.69, 9.17) is 26.6 Å². The third-order valence-corrected chi connectivity index (χ3v) is 12.6. The summed E-state index contributed by atoms with van der Waals surface area (Å²) in [6.07, 6.45) is 0. The van der Waals surface area contributed by atoms with E-state index in [9.17, 15) is 0 Å². The molecule has 0 N–H and O–H groups in total. The number of carbonyl (C=O) groups is 2. The summed E-state index contributed by atoms with van der Waals surface area (Å²) in [4.78, 5) is 50.9. The van der Waals surface area contributed by atoms with Gasteiger partial charge in [-0.15, -0.1) is 0 Å². The summed E-state index contributed by atoms with van der Waals surface area (Å²) in [7, 11) is 0. The molecule has 2 amide bonds. The summed E-state index contributed by atoms with van der Waals surface area (Å²) in [5, 5.41) is 3.91. The minimum Gasteiger partial charge on any atom is -0.281 e. The first-order chi connectivity index (χ1) is 32.0. The van der Waals surface area contributed by atoms with Gasteiger partial charge in [0.1, 0.15) is 23.5 Å². The van der Waals surface area contributed by atoms with E-state index >= 15 is 9.59 Å². The molecule has 0 unspecified atom stereocenters. The molecule has 0 saturated heterocycles. The quantitative estimate of drug-likeness (QED) is 0.153. The molecule has 0 radical (unpaired) electrons. The summed E-state index contributed by atoms with van der Waals surface area (Å²) >= 11 is 7.21. The van der Waals surface area contributed by atoms with Gasteiger partial charge in [0.15, 0.2) is 11.7 Å². The zero-order valence-corrected chi connectivity index (χ0v) is 35.8. The van der Waals surface area contributed by atoms with Crippen LogP contribution in [0.15, 0.2) is 228 Å². The summed E-state index contributed by atoms with van der Waals surface area (Å²) in [6, 6.07) is 68.9. The Hall–Kier alpha value is -8.00. The second-order valence-corrected chi connectivity index (χ2v) is 16.7. The van der Waals surface area contributed by atoms with Crippen molar-refractivity contribution in [3.63, 3.8) is 0 Å². The lowest BCUT2D eigenvalue weighted by Gasteiger charge is -2.30. The van der Waals surface area contributed by atoms with Crippen molar-refractivity contribution in [2.24, 2.45) is 9.98 Å². The number of amides is 2. The zero-order chi connectivity index (χ0) is 43.9. The topological polar surface area (TPSA) is 78.2 Å². The first-order valence-corrected chi connectivity index (χ1v) is 22.1. The van der Waals surface area contributed by atoms with Crippen molar-refractivity contribution in [2.75, 3.05) is 0 Å². The van der Waals surface area contributed by atoms with Crippen molar-refractivity contribution < 1.29 is 9.59 Å². The molecule has 2 aliphatic rings. The Bertz CT molecular complexity index is 3080. The largest absolute Gasteiger partial charge is 0.281 e. The maximum absolute atomic E-state index is 15.5. The average Bonchev–Trinajstić information content (AvgIpc) is 3.98. The van der Waals surface area contributed by atoms with Crippen molar-refractivity contribution in [1.29, 1.82) is 0 Å². The Morgan fingerprint density at radius 1 is 0.400 bits per heavy atom. The SMILES string of the molecule is O=C(c1cccc2ccccc12)N1C(c2cc(Cl)cc(C3=N[C@@H](c4ccccc4)[C@H](c4ccccc4)N3C(=O)c3cccc4ccccc34)n2)=N[C@@H](c2ccccc2)[C@@H]1c1ccccc1. The number of halogens is 1. The van der Waals surface area contributed by atoms with E-state index in [0.717, 1.165) is 43.8 Å². The average molecular weight is 862 g/mol. The maximum atomic E-state index is 15.5. The summed E-state index contributed by atoms with van der Waals surface area (Å²) in [5.74, 6) is 0.268. The van der Waals surface area contributed by atoms with Gasteiger partial charge in [-0.05, 0) is 68.1 Å². The Morgan fingerprint density at radius 2 is 0.738 bits per heavy atom. The highest BCUT2D eigenvalue weighted by Crippen LogP contribution is 2.47. The maximum Gasteiger partial charge on any atom is 0.260 e. The number of rotatable bonds is 8. The van der Waals surface area contributed by atoms with E-state index in [0.29, 0.717) is 39.2 Å². The molecule has 3 heterocycles. The standard InChI is InChI=1S/C57H40ClN5O2/c58-43-35-48(54-60-50(39-21-5-1-6-22-39)52(41-25-9-3-10-26-41)62(54)56(64)46-33-17-29-37-19-13-15-31-44(37)46)59-49(36-43)55-61-51(40-23-7-2-8-24-40)53(42-27-11-4-12-28-42)63(55)57(65)47-34-18-30-38-20-14-16-32-45(38)47/h1-36,50-53H/t50-,51-,52-,53-/m0/s1. The molecular weight excluding hydrogens is 822 g/mol. The molecule has 0 saturated carbocycles. The fourth-order valence-corrected chi connectivity index (χ4v) is 9.69. The van der Waals surface area contributed by atoms with Crippen LogP contribution in [0.1, 0.15) is 78.5 Å². The van der Waals surface area contributed by atoms with Gasteiger partial charge in [0, 0.05) is 16.1 Å². The summed E-state index contributed by atoms with van der Waals surface area (Å²) < 4.78 is 0. The number of aliphatic imine (C=N–C) groups is 2. The fraction of sp³-hybridized carbons (Fsp3) is 0.0702. The summed E-state index contributed by atoms with van der Waals surface area (Å²) in [5.41, 5.74) is 5.54. The highest BCUT2D eigenvalue weighted by molar-refractivity contribution is 6.31. The lowest BCUT2D eigenvalue weighted by Crippen LogP contribution is -2.39. The first kappa shape index (κ1) is 39.8. The molecule has 0 aliphatic carbocycles. The molecule has 1 aromatic heterocycles. The number of aromatic nitrogens is 1. The van der Waals surface area contributed by atoms with Crippen molar-refractivity contribution >= 4 is 56.6 Å². The molecule has 7 nitrogen and oxygen atoms in total. The number of benzene rings is 8. The predicted molar refractivity (Wildman–Crippen MR) is 259 cm³/mol. The highest BCUT2D eigenvalue weighted by atomic mass is 35.5. The Labute approximate surface area is 381 Å². The van der Waals surface area contributed by atoms with Crippen LogP contribution in [0, 0.1) is 0 Å². The van der Waals surface area contributed by atoms with E-state index in [1.165, 1.54) is 0 Å². The fourth-order valence-electron chi connectivity index (χ4n) is 9.49. The predicted octanol–water partition coefficient (Wildman–Crippen LogP) is 12.8. The van der Waals surface area contributed by atoms with Gasteiger partial charge in [0.05, 0.1) is 12.1 Å². The smallest absolute Gasteiger partial charge is 0.260 e. The van der Waals surface area contributed by atoms with E-state index in [1.807, 2.05) is 206 Å². The number of pyridine rings is 1. The minimum absolute atomic E-state index is 0.226. The Balaban J connectivity index is 1.12. The lowest BCUT2D eigenvalue weighted by atomic mass is 9.93. The van der Waals surface area contributed by atoms with Crippen LogP contribution in [0.25, 0.3) is 21.5 Å². The summed E-state index contributed by atoms with van der Waals surface area (Å²) in [6.45, 7) is 0. The van der Waals surface area contributed by atoms with Gasteiger partial charge < -0.3 is 0 Å². The van der Waals surface area contributed by atoms with Gasteiger partial charge >= 0.3 is 0 Å². The monoisotopic (exact) mass is 861 g/mol. The van der Waals surface area contributed by atoms with Crippen LogP contribution in [-0.4, -0.2) is 38.3 Å². The van der Waals surface area contributed by atoms with Crippen LogP contribution in [0.4, 0.5) is 0 Å². The van der Waals surface area contributed by atoms with Crippen molar-refractivity contribution in [2.45, 2.75) is 24.2 Å². The number of amidine groups is 2.